The summed E-state index contributed by atoms with van der Waals surface area (Å²) in [6.07, 6.45) is 1.53. The van der Waals surface area contributed by atoms with Gasteiger partial charge in [-0.2, -0.15) is 0 Å². The maximum atomic E-state index is 12.4. The Hall–Kier alpha value is -2.41. The van der Waals surface area contributed by atoms with E-state index in [4.69, 9.17) is 9.15 Å². The van der Waals surface area contributed by atoms with Gasteiger partial charge >= 0.3 is 0 Å². The third-order valence-electron chi connectivity index (χ3n) is 3.83. The number of thioether (sulfide) groups is 1. The number of furan rings is 1. The summed E-state index contributed by atoms with van der Waals surface area (Å²) >= 11 is 1.25. The molecular weight excluding hydrogens is 314 g/mol. The molecule has 0 spiro atoms. The number of nitrogens with zero attached hydrogens (tertiary/aromatic N) is 2. The summed E-state index contributed by atoms with van der Waals surface area (Å²) in [4.78, 5) is 12.4. The van der Waals surface area contributed by atoms with E-state index in [1.807, 2.05) is 31.5 Å². The summed E-state index contributed by atoms with van der Waals surface area (Å²) in [6, 6.07) is 3.65. The largest absolute Gasteiger partial charge is 0.465 e. The van der Waals surface area contributed by atoms with Crippen LogP contribution in [0.25, 0.3) is 12.5 Å². The molecule has 1 aliphatic heterocycles. The molecule has 3 rings (SSSR count). The van der Waals surface area contributed by atoms with Gasteiger partial charge in [0.1, 0.15) is 5.42 Å². The van der Waals surface area contributed by atoms with Gasteiger partial charge in [-0.15, -0.1) is 5.10 Å². The number of hydrogen-bond donors (Lipinski definition) is 1. The first-order valence-electron chi connectivity index (χ1n) is 7.04. The van der Waals surface area contributed by atoms with E-state index in [0.717, 1.165) is 17.0 Å². The second-order valence-corrected chi connectivity index (χ2v) is 6.16. The van der Waals surface area contributed by atoms with E-state index in [1.165, 1.54) is 18.0 Å². The smallest absolute Gasteiger partial charge is 0.274 e. The number of hydrogen-bond acceptors (Lipinski definition) is 6. The molecule has 6 nitrogen and oxygen atoms in total. The summed E-state index contributed by atoms with van der Waals surface area (Å²) in [6.45, 7) is 7.68. The molecule has 0 aromatic carbocycles. The molecule has 0 atom stereocenters. The van der Waals surface area contributed by atoms with Crippen molar-refractivity contribution in [3.8, 4) is 0 Å². The van der Waals surface area contributed by atoms with Crippen LogP contribution in [0, 0.1) is 13.8 Å². The number of nitrogens with one attached hydrogen (secondary N) is 1. The maximum Gasteiger partial charge on any atom is 0.274 e. The van der Waals surface area contributed by atoms with Crippen molar-refractivity contribution in [2.75, 3.05) is 5.75 Å². The van der Waals surface area contributed by atoms with Crippen molar-refractivity contribution in [3.63, 3.8) is 0 Å². The normalized spacial score (nSPS) is 16.0. The van der Waals surface area contributed by atoms with Crippen LogP contribution in [-0.4, -0.2) is 21.3 Å². The minimum Gasteiger partial charge on any atom is -0.465 e. The lowest BCUT2D eigenvalue weighted by molar-refractivity contribution is 0.102. The van der Waals surface area contributed by atoms with Crippen LogP contribution in [0.1, 0.15) is 21.7 Å². The molecule has 0 aliphatic carbocycles. The fourth-order valence-electron chi connectivity index (χ4n) is 2.29. The zero-order valence-electron chi connectivity index (χ0n) is 13.2. The Balaban J connectivity index is 1.66. The van der Waals surface area contributed by atoms with E-state index in [0.29, 0.717) is 21.7 Å². The minimum atomic E-state index is 0.0529. The summed E-state index contributed by atoms with van der Waals surface area (Å²) in [5.41, 5.74) is 6.05. The molecule has 0 saturated heterocycles. The molecule has 0 saturated carbocycles. The van der Waals surface area contributed by atoms with Gasteiger partial charge < -0.3 is 13.7 Å². The Morgan fingerprint density at radius 3 is 2.87 bits per heavy atom. The predicted molar refractivity (Wildman–Crippen MR) is 90.2 cm³/mol. The molecule has 2 aromatic heterocycles. The maximum absolute atomic E-state index is 12.4. The van der Waals surface area contributed by atoms with Gasteiger partial charge in [0, 0.05) is 24.0 Å². The SMILES string of the molecule is C=c1occc1=C1NN=C(SCC(=O)c2cc(C)n(C)c2C)O1. The third kappa shape index (κ3) is 2.92. The molecule has 0 radical (unpaired) electrons. The Labute approximate surface area is 137 Å². The average Bonchev–Trinajstić information content (AvgIpc) is 3.21. The topological polar surface area (TPSA) is 68.8 Å². The number of aryl methyl sites for hydroxylation is 1. The molecule has 0 bridgehead atoms. The first-order valence-corrected chi connectivity index (χ1v) is 8.03. The molecule has 120 valence electrons. The van der Waals surface area contributed by atoms with Crippen LogP contribution in [0.15, 0.2) is 27.9 Å². The number of rotatable bonds is 3. The van der Waals surface area contributed by atoms with E-state index in [9.17, 15) is 4.79 Å². The number of ketones is 1. The van der Waals surface area contributed by atoms with Gasteiger partial charge in [-0.25, -0.2) is 5.43 Å². The molecule has 7 heteroatoms. The van der Waals surface area contributed by atoms with Crippen LogP contribution < -0.4 is 16.1 Å². The van der Waals surface area contributed by atoms with Gasteiger partial charge in [0.05, 0.1) is 17.2 Å². The van der Waals surface area contributed by atoms with Gasteiger partial charge in [0.25, 0.3) is 5.23 Å². The highest BCUT2D eigenvalue weighted by atomic mass is 32.2. The molecule has 0 amide bonds. The monoisotopic (exact) mass is 331 g/mol. The number of ether oxygens (including phenoxy) is 1. The number of hydrazone groups is 1. The van der Waals surface area contributed by atoms with E-state index in [-0.39, 0.29) is 11.5 Å². The second-order valence-electron chi connectivity index (χ2n) is 5.23. The number of aromatic nitrogens is 1. The number of carbonyl (C=O) groups is 1. The first kappa shape index (κ1) is 15.5. The van der Waals surface area contributed by atoms with E-state index in [1.54, 1.807) is 6.07 Å². The molecule has 23 heavy (non-hydrogen) atoms. The molecule has 3 heterocycles. The molecular formula is C16H17N3O3S. The molecule has 0 unspecified atom stereocenters. The second kappa shape index (κ2) is 6.00. The summed E-state index contributed by atoms with van der Waals surface area (Å²) in [5.74, 6) is 0.781. The first-order chi connectivity index (χ1) is 11.0. The number of carbonyl (C=O) groups excluding carboxylic acids is 1. The van der Waals surface area contributed by atoms with Crippen LogP contribution >= 0.6 is 11.8 Å². The van der Waals surface area contributed by atoms with Crippen molar-refractivity contribution >= 4 is 35.2 Å². The van der Waals surface area contributed by atoms with Crippen LogP contribution in [0.4, 0.5) is 0 Å². The number of Topliss-reactive ketones (excluding diaryl/α,β-unsaturated/α-hetero) is 1. The van der Waals surface area contributed by atoms with E-state index in [2.05, 4.69) is 17.1 Å². The van der Waals surface area contributed by atoms with Crippen molar-refractivity contribution in [2.45, 2.75) is 13.8 Å². The third-order valence-corrected chi connectivity index (χ3v) is 4.66. The van der Waals surface area contributed by atoms with Crippen LogP contribution in [0.2, 0.25) is 0 Å². The summed E-state index contributed by atoms with van der Waals surface area (Å²) in [7, 11) is 1.95. The quantitative estimate of drug-likeness (QED) is 0.857. The minimum absolute atomic E-state index is 0.0529. The Morgan fingerprint density at radius 2 is 2.26 bits per heavy atom. The molecule has 1 N–H and O–H groups in total. The van der Waals surface area contributed by atoms with Crippen molar-refractivity contribution < 1.29 is 13.9 Å². The van der Waals surface area contributed by atoms with Gasteiger partial charge in [0.15, 0.2) is 5.78 Å². The van der Waals surface area contributed by atoms with Gasteiger partial charge in [-0.05, 0) is 26.0 Å². The lowest BCUT2D eigenvalue weighted by atomic mass is 10.2. The summed E-state index contributed by atoms with van der Waals surface area (Å²) < 4.78 is 12.7. The van der Waals surface area contributed by atoms with Crippen LogP contribution in [-0.2, 0) is 11.8 Å². The van der Waals surface area contributed by atoms with E-state index >= 15 is 0 Å². The van der Waals surface area contributed by atoms with Crippen molar-refractivity contribution in [1.29, 1.82) is 0 Å². The zero-order valence-corrected chi connectivity index (χ0v) is 14.0. The summed E-state index contributed by atoms with van der Waals surface area (Å²) in [5, 5.41) is 5.18. The predicted octanol–water partition coefficient (Wildman–Crippen LogP) is 1.22. The van der Waals surface area contributed by atoms with Gasteiger partial charge in [0.2, 0.25) is 5.88 Å². The highest BCUT2D eigenvalue weighted by molar-refractivity contribution is 8.14. The van der Waals surface area contributed by atoms with Crippen LogP contribution in [0.5, 0.6) is 0 Å². The van der Waals surface area contributed by atoms with Crippen molar-refractivity contribution in [3.05, 3.63) is 46.0 Å². The molecule has 0 fully saturated rings. The zero-order chi connectivity index (χ0) is 16.6. The highest BCUT2D eigenvalue weighted by Gasteiger charge is 2.19. The molecule has 2 aromatic rings. The Morgan fingerprint density at radius 1 is 1.48 bits per heavy atom. The van der Waals surface area contributed by atoms with Gasteiger partial charge in [-0.3, -0.25) is 4.79 Å². The fourth-order valence-corrected chi connectivity index (χ4v) is 2.95. The standard InChI is InChI=1S/C16H17N3O3S/c1-9-7-13(10(2)19(9)4)14(20)8-23-16-18-17-15(22-16)12-5-6-21-11(12)3/h5-7,17H,3,8H2,1-2,4H3. The van der Waals surface area contributed by atoms with Gasteiger partial charge in [-0.1, -0.05) is 18.3 Å². The van der Waals surface area contributed by atoms with E-state index < -0.39 is 0 Å². The lowest BCUT2D eigenvalue weighted by Crippen LogP contribution is -2.25. The Kier molecular flexibility index (Phi) is 4.04. The van der Waals surface area contributed by atoms with Crippen molar-refractivity contribution in [1.82, 2.24) is 9.99 Å². The highest BCUT2D eigenvalue weighted by Crippen LogP contribution is 2.19. The lowest BCUT2D eigenvalue weighted by Gasteiger charge is -2.02. The fraction of sp³-hybridized carbons (Fsp3) is 0.250. The average molecular weight is 331 g/mol. The van der Waals surface area contributed by atoms with Crippen molar-refractivity contribution in [2.24, 2.45) is 12.1 Å². The molecule has 1 aliphatic rings. The Bertz CT molecular complexity index is 908. The van der Waals surface area contributed by atoms with Crippen LogP contribution in [0.3, 0.4) is 0 Å².